The predicted octanol–water partition coefficient (Wildman–Crippen LogP) is 5.43. The molecule has 0 fully saturated rings. The number of ether oxygens (including phenoxy) is 1. The molecule has 0 aliphatic rings. The van der Waals surface area contributed by atoms with Crippen LogP contribution in [0.25, 0.3) is 11.0 Å². The summed E-state index contributed by atoms with van der Waals surface area (Å²) in [6.45, 7) is 1.19. The van der Waals surface area contributed by atoms with Crippen LogP contribution in [0.4, 0.5) is 0 Å². The Labute approximate surface area is 155 Å². The molecule has 25 heavy (non-hydrogen) atoms. The van der Waals surface area contributed by atoms with E-state index in [0.29, 0.717) is 6.61 Å². The van der Waals surface area contributed by atoms with Gasteiger partial charge in [0.1, 0.15) is 18.2 Å². The molecule has 0 radical (unpaired) electrons. The van der Waals surface area contributed by atoms with Gasteiger partial charge in [0.05, 0.1) is 11.0 Å². The van der Waals surface area contributed by atoms with E-state index in [2.05, 4.69) is 44.8 Å². The second-order valence-electron chi connectivity index (χ2n) is 5.83. The van der Waals surface area contributed by atoms with Gasteiger partial charge in [0.2, 0.25) is 0 Å². The van der Waals surface area contributed by atoms with Crippen LogP contribution in [0.2, 0.25) is 0 Å². The van der Waals surface area contributed by atoms with E-state index < -0.39 is 0 Å². The van der Waals surface area contributed by atoms with Gasteiger partial charge in [-0.15, -0.1) is 0 Å². The Balaban J connectivity index is 1.68. The van der Waals surface area contributed by atoms with Gasteiger partial charge >= 0.3 is 0 Å². The van der Waals surface area contributed by atoms with Crippen LogP contribution in [0.3, 0.4) is 0 Å². The highest BCUT2D eigenvalue weighted by Gasteiger charge is 2.11. The first-order valence-electron chi connectivity index (χ1n) is 8.16. The highest BCUT2D eigenvalue weighted by atomic mass is 79.9. The van der Waals surface area contributed by atoms with E-state index in [1.807, 2.05) is 54.6 Å². The van der Waals surface area contributed by atoms with Crippen molar-refractivity contribution in [3.8, 4) is 5.75 Å². The molecule has 0 unspecified atom stereocenters. The van der Waals surface area contributed by atoms with Crippen LogP contribution in [0.5, 0.6) is 5.75 Å². The van der Waals surface area contributed by atoms with Crippen LogP contribution in [0, 0.1) is 0 Å². The number of imidazole rings is 1. The Morgan fingerprint density at radius 3 is 2.52 bits per heavy atom. The van der Waals surface area contributed by atoms with Gasteiger partial charge in [0.25, 0.3) is 0 Å². The summed E-state index contributed by atoms with van der Waals surface area (Å²) in [7, 11) is 0. The fourth-order valence-electron chi connectivity index (χ4n) is 2.89. The Morgan fingerprint density at radius 1 is 0.880 bits per heavy atom. The van der Waals surface area contributed by atoms with Gasteiger partial charge in [0, 0.05) is 11.0 Å². The maximum Gasteiger partial charge on any atom is 0.148 e. The van der Waals surface area contributed by atoms with Crippen LogP contribution in [-0.4, -0.2) is 9.55 Å². The summed E-state index contributed by atoms with van der Waals surface area (Å²) in [5, 5.41) is 0. The lowest BCUT2D eigenvalue weighted by Crippen LogP contribution is -2.08. The molecule has 1 aromatic heterocycles. The number of hydrogen-bond donors (Lipinski definition) is 0. The molecule has 0 aliphatic carbocycles. The minimum atomic E-state index is 0.437. The summed E-state index contributed by atoms with van der Waals surface area (Å²) >= 11 is 3.55. The van der Waals surface area contributed by atoms with Gasteiger partial charge in [-0.25, -0.2) is 4.98 Å². The summed E-state index contributed by atoms with van der Waals surface area (Å²) in [5.74, 6) is 1.77. The molecular formula is C21H17BrN2O. The lowest BCUT2D eigenvalue weighted by Gasteiger charge is -2.11. The van der Waals surface area contributed by atoms with Crippen molar-refractivity contribution in [1.29, 1.82) is 0 Å². The number of halogens is 1. The molecule has 0 atom stereocenters. The maximum atomic E-state index is 5.93. The van der Waals surface area contributed by atoms with E-state index >= 15 is 0 Å². The van der Waals surface area contributed by atoms with Crippen LogP contribution in [0.15, 0.2) is 83.3 Å². The van der Waals surface area contributed by atoms with E-state index in [9.17, 15) is 0 Å². The molecule has 0 saturated heterocycles. The molecule has 0 amide bonds. The lowest BCUT2D eigenvalue weighted by molar-refractivity contribution is 0.291. The maximum absolute atomic E-state index is 5.93. The number of rotatable bonds is 5. The highest BCUT2D eigenvalue weighted by molar-refractivity contribution is 9.10. The Kier molecular flexibility index (Phi) is 4.53. The van der Waals surface area contributed by atoms with E-state index in [0.717, 1.165) is 33.6 Å². The molecule has 0 saturated carbocycles. The second-order valence-corrected chi connectivity index (χ2v) is 6.75. The zero-order chi connectivity index (χ0) is 17.1. The van der Waals surface area contributed by atoms with Gasteiger partial charge in [-0.1, -0.05) is 58.4 Å². The van der Waals surface area contributed by atoms with Crippen molar-refractivity contribution in [2.24, 2.45) is 0 Å². The average Bonchev–Trinajstić information content (AvgIpc) is 2.99. The first kappa shape index (κ1) is 15.9. The van der Waals surface area contributed by atoms with Crippen molar-refractivity contribution in [2.45, 2.75) is 13.2 Å². The third-order valence-corrected chi connectivity index (χ3v) is 4.57. The van der Waals surface area contributed by atoms with Crippen molar-refractivity contribution in [3.05, 3.63) is 94.7 Å². The average molecular weight is 393 g/mol. The second kappa shape index (κ2) is 7.11. The SMILES string of the molecule is Brc1cccc(Cn2c(COc3ccccc3)nc3ccccc32)c1. The Hall–Kier alpha value is -2.59. The smallest absolute Gasteiger partial charge is 0.148 e. The van der Waals surface area contributed by atoms with Crippen molar-refractivity contribution in [2.75, 3.05) is 0 Å². The number of fused-ring (bicyclic) bond motifs is 1. The summed E-state index contributed by atoms with van der Waals surface area (Å²) in [6.07, 6.45) is 0. The Bertz CT molecular complexity index is 995. The molecule has 0 N–H and O–H groups in total. The van der Waals surface area contributed by atoms with Crippen LogP contribution >= 0.6 is 15.9 Å². The third-order valence-electron chi connectivity index (χ3n) is 4.07. The largest absolute Gasteiger partial charge is 0.486 e. The zero-order valence-electron chi connectivity index (χ0n) is 13.6. The fourth-order valence-corrected chi connectivity index (χ4v) is 3.34. The highest BCUT2D eigenvalue weighted by Crippen LogP contribution is 2.21. The number of hydrogen-bond acceptors (Lipinski definition) is 2. The normalized spacial score (nSPS) is 10.9. The minimum Gasteiger partial charge on any atom is -0.486 e. The molecule has 4 rings (SSSR count). The molecule has 124 valence electrons. The van der Waals surface area contributed by atoms with Gasteiger partial charge in [-0.2, -0.15) is 0 Å². The summed E-state index contributed by atoms with van der Waals surface area (Å²) in [6, 6.07) is 26.4. The van der Waals surface area contributed by atoms with Gasteiger partial charge < -0.3 is 9.30 Å². The zero-order valence-corrected chi connectivity index (χ0v) is 15.2. The van der Waals surface area contributed by atoms with Crippen molar-refractivity contribution in [3.63, 3.8) is 0 Å². The molecule has 1 heterocycles. The third kappa shape index (κ3) is 3.59. The first-order chi connectivity index (χ1) is 12.3. The predicted molar refractivity (Wildman–Crippen MR) is 104 cm³/mol. The van der Waals surface area contributed by atoms with Crippen LogP contribution in [-0.2, 0) is 13.2 Å². The summed E-state index contributed by atoms with van der Waals surface area (Å²) in [4.78, 5) is 4.77. The quantitative estimate of drug-likeness (QED) is 0.452. The van der Waals surface area contributed by atoms with Crippen LogP contribution < -0.4 is 4.74 Å². The molecule has 4 heteroatoms. The number of aromatic nitrogens is 2. The standard InChI is InChI=1S/C21H17BrN2O/c22-17-8-6-7-16(13-17)14-24-20-12-5-4-11-19(20)23-21(24)15-25-18-9-2-1-3-10-18/h1-13H,14-15H2. The van der Waals surface area contributed by atoms with Gasteiger partial charge in [-0.05, 0) is 42.0 Å². The monoisotopic (exact) mass is 392 g/mol. The fraction of sp³-hybridized carbons (Fsp3) is 0.0952. The summed E-state index contributed by atoms with van der Waals surface area (Å²) in [5.41, 5.74) is 3.33. The number of benzene rings is 3. The summed E-state index contributed by atoms with van der Waals surface area (Å²) < 4.78 is 9.23. The molecule has 0 spiro atoms. The van der Waals surface area contributed by atoms with Gasteiger partial charge in [-0.3, -0.25) is 0 Å². The van der Waals surface area contributed by atoms with E-state index in [-0.39, 0.29) is 0 Å². The van der Waals surface area contributed by atoms with E-state index in [1.54, 1.807) is 0 Å². The van der Waals surface area contributed by atoms with Crippen LogP contribution in [0.1, 0.15) is 11.4 Å². The van der Waals surface area contributed by atoms with Crippen molar-refractivity contribution in [1.82, 2.24) is 9.55 Å². The van der Waals surface area contributed by atoms with Crippen molar-refractivity contribution >= 4 is 27.0 Å². The number of para-hydroxylation sites is 3. The van der Waals surface area contributed by atoms with Crippen molar-refractivity contribution < 1.29 is 4.74 Å². The van der Waals surface area contributed by atoms with E-state index in [1.165, 1.54) is 5.56 Å². The minimum absolute atomic E-state index is 0.437. The first-order valence-corrected chi connectivity index (χ1v) is 8.95. The Morgan fingerprint density at radius 2 is 1.68 bits per heavy atom. The molecule has 3 aromatic carbocycles. The molecule has 4 aromatic rings. The molecular weight excluding hydrogens is 376 g/mol. The topological polar surface area (TPSA) is 27.1 Å². The van der Waals surface area contributed by atoms with E-state index in [4.69, 9.17) is 9.72 Å². The molecule has 3 nitrogen and oxygen atoms in total. The number of nitrogens with zero attached hydrogens (tertiary/aromatic N) is 2. The molecule has 0 aliphatic heterocycles. The lowest BCUT2D eigenvalue weighted by atomic mass is 10.2. The molecule has 0 bridgehead atoms. The van der Waals surface area contributed by atoms with Gasteiger partial charge in [0.15, 0.2) is 0 Å².